The van der Waals surface area contributed by atoms with Crippen LogP contribution in [0.25, 0.3) is 0 Å². The first-order chi connectivity index (χ1) is 21.2. The number of carbonyl (C=O) groups is 3. The Labute approximate surface area is 257 Å². The highest BCUT2D eigenvalue weighted by atomic mass is 19.4. The molecule has 0 saturated carbocycles. The standard InChI is InChI=1S/C32H36F6N4O3/c1-41-25-12-6-5-11-24(25)27(21-9-3-2-4-10-21)39-28(30(41)45)40-29(44)23(14-17-32(36,37)38)22(13-16-31(33,34)35)26(43)15-20-42-18-7-8-19-42/h2-6,9-12,22-23,28H,7-8,13-20H2,1H3,(H,40,44)/t22-,23+,28+/m0/s1. The molecule has 0 aromatic heterocycles. The van der Waals surface area contributed by atoms with Crippen LogP contribution in [0.15, 0.2) is 59.6 Å². The van der Waals surface area contributed by atoms with Crippen molar-refractivity contribution in [2.75, 3.05) is 31.6 Å². The molecule has 2 aromatic rings. The fourth-order valence-electron chi connectivity index (χ4n) is 5.88. The van der Waals surface area contributed by atoms with Crippen molar-refractivity contribution < 1.29 is 40.7 Å². The van der Waals surface area contributed by atoms with Gasteiger partial charge in [0.1, 0.15) is 5.78 Å². The van der Waals surface area contributed by atoms with Crippen LogP contribution in [0.4, 0.5) is 32.0 Å². The van der Waals surface area contributed by atoms with Gasteiger partial charge in [0, 0.05) is 55.8 Å². The summed E-state index contributed by atoms with van der Waals surface area (Å²) < 4.78 is 80.2. The number of aliphatic imine (C=N–C) groups is 1. The molecule has 2 heterocycles. The molecule has 2 aliphatic rings. The Morgan fingerprint density at radius 1 is 0.889 bits per heavy atom. The number of hydrogen-bond donors (Lipinski definition) is 1. The van der Waals surface area contributed by atoms with Crippen LogP contribution in [0, 0.1) is 11.8 Å². The largest absolute Gasteiger partial charge is 0.389 e. The minimum atomic E-state index is -4.73. The van der Waals surface area contributed by atoms with Crippen LogP contribution in [-0.4, -0.2) is 73.4 Å². The lowest BCUT2D eigenvalue weighted by atomic mass is 9.80. The van der Waals surface area contributed by atoms with Crippen molar-refractivity contribution in [1.82, 2.24) is 10.2 Å². The van der Waals surface area contributed by atoms with Gasteiger partial charge in [0.05, 0.1) is 11.4 Å². The summed E-state index contributed by atoms with van der Waals surface area (Å²) in [5, 5.41) is 2.41. The molecule has 1 N–H and O–H groups in total. The second-order valence-corrected chi connectivity index (χ2v) is 11.5. The van der Waals surface area contributed by atoms with Crippen molar-refractivity contribution in [2.24, 2.45) is 16.8 Å². The highest BCUT2D eigenvalue weighted by Gasteiger charge is 2.41. The molecule has 244 valence electrons. The SMILES string of the molecule is CN1C(=O)[C@@H](NC(=O)[C@H](CCC(F)(F)F)[C@H](CCC(F)(F)F)C(=O)CCN2CCCC2)N=C(c2ccccc2)c2ccccc21. The smallest absolute Gasteiger partial charge is 0.326 e. The number of nitrogens with zero attached hydrogens (tertiary/aromatic N) is 3. The number of hydrogen-bond acceptors (Lipinski definition) is 5. The number of anilines is 1. The van der Waals surface area contributed by atoms with Crippen LogP contribution in [0.1, 0.15) is 56.1 Å². The van der Waals surface area contributed by atoms with E-state index in [1.807, 2.05) is 4.90 Å². The molecule has 0 spiro atoms. The summed E-state index contributed by atoms with van der Waals surface area (Å²) in [5.74, 6) is -5.94. The van der Waals surface area contributed by atoms with Gasteiger partial charge in [0.15, 0.2) is 0 Å². The summed E-state index contributed by atoms with van der Waals surface area (Å²) in [7, 11) is 1.46. The van der Waals surface area contributed by atoms with E-state index < -0.39 is 73.6 Å². The maximum atomic E-state index is 13.8. The molecular formula is C32H36F6N4O3. The fourth-order valence-corrected chi connectivity index (χ4v) is 5.88. The van der Waals surface area contributed by atoms with E-state index in [1.54, 1.807) is 54.6 Å². The van der Waals surface area contributed by atoms with Crippen LogP contribution in [0.5, 0.6) is 0 Å². The maximum Gasteiger partial charge on any atom is 0.389 e. The first-order valence-corrected chi connectivity index (χ1v) is 14.9. The molecule has 2 amide bonds. The van der Waals surface area contributed by atoms with Gasteiger partial charge >= 0.3 is 12.4 Å². The third kappa shape index (κ3) is 9.38. The Bertz CT molecular complexity index is 1370. The molecule has 2 aromatic carbocycles. The lowest BCUT2D eigenvalue weighted by molar-refractivity contribution is -0.152. The number of fused-ring (bicyclic) bond motifs is 1. The molecule has 1 saturated heterocycles. The number of para-hydroxylation sites is 1. The zero-order valence-electron chi connectivity index (χ0n) is 24.8. The molecule has 0 unspecified atom stereocenters. The number of alkyl halides is 6. The third-order valence-corrected chi connectivity index (χ3v) is 8.26. The molecule has 0 radical (unpaired) electrons. The quantitative estimate of drug-likeness (QED) is 0.293. The lowest BCUT2D eigenvalue weighted by Crippen LogP contribution is -2.49. The number of rotatable bonds is 12. The first-order valence-electron chi connectivity index (χ1n) is 14.9. The number of benzodiazepines with no additional fused rings is 1. The summed E-state index contributed by atoms with van der Waals surface area (Å²) in [5.41, 5.74) is 1.96. The number of amides is 2. The first kappa shape index (κ1) is 34.1. The van der Waals surface area contributed by atoms with Gasteiger partial charge in [-0.1, -0.05) is 48.5 Å². The molecular weight excluding hydrogens is 602 g/mol. The maximum absolute atomic E-state index is 13.8. The van der Waals surface area contributed by atoms with Crippen LogP contribution < -0.4 is 10.2 Å². The van der Waals surface area contributed by atoms with E-state index in [0.717, 1.165) is 12.8 Å². The summed E-state index contributed by atoms with van der Waals surface area (Å²) in [6.07, 6.45) is -14.1. The van der Waals surface area contributed by atoms with Crippen molar-refractivity contribution in [3.8, 4) is 0 Å². The number of ketones is 1. The van der Waals surface area contributed by atoms with Gasteiger partial charge in [-0.15, -0.1) is 0 Å². The minimum Gasteiger partial charge on any atom is -0.326 e. The van der Waals surface area contributed by atoms with Crippen molar-refractivity contribution in [3.63, 3.8) is 0 Å². The average Bonchev–Trinajstić information content (AvgIpc) is 3.49. The zero-order valence-corrected chi connectivity index (χ0v) is 24.8. The molecule has 1 fully saturated rings. The van der Waals surface area contributed by atoms with E-state index >= 15 is 0 Å². The Kier molecular flexibility index (Phi) is 11.1. The Balaban J connectivity index is 1.68. The number of carbonyl (C=O) groups excluding carboxylic acids is 3. The van der Waals surface area contributed by atoms with E-state index in [1.165, 1.54) is 11.9 Å². The minimum absolute atomic E-state index is 0.199. The second-order valence-electron chi connectivity index (χ2n) is 11.5. The van der Waals surface area contributed by atoms with Crippen LogP contribution >= 0.6 is 0 Å². The summed E-state index contributed by atoms with van der Waals surface area (Å²) >= 11 is 0. The predicted molar refractivity (Wildman–Crippen MR) is 157 cm³/mol. The molecule has 0 aliphatic carbocycles. The Hall–Kier alpha value is -3.74. The Morgan fingerprint density at radius 3 is 2.09 bits per heavy atom. The summed E-state index contributed by atoms with van der Waals surface area (Å²) in [4.78, 5) is 48.5. The van der Waals surface area contributed by atoms with E-state index in [9.17, 15) is 40.7 Å². The molecule has 45 heavy (non-hydrogen) atoms. The van der Waals surface area contributed by atoms with Gasteiger partial charge in [-0.05, 0) is 44.8 Å². The topological polar surface area (TPSA) is 82.1 Å². The number of halogens is 6. The monoisotopic (exact) mass is 638 g/mol. The molecule has 0 bridgehead atoms. The van der Waals surface area contributed by atoms with Crippen molar-refractivity contribution in [1.29, 1.82) is 0 Å². The highest BCUT2D eigenvalue weighted by Crippen LogP contribution is 2.34. The van der Waals surface area contributed by atoms with E-state index in [2.05, 4.69) is 10.3 Å². The van der Waals surface area contributed by atoms with E-state index in [0.29, 0.717) is 35.6 Å². The van der Waals surface area contributed by atoms with Crippen molar-refractivity contribution >= 4 is 29.0 Å². The van der Waals surface area contributed by atoms with Crippen LogP contribution in [0.2, 0.25) is 0 Å². The number of nitrogens with one attached hydrogen (secondary N) is 1. The second kappa shape index (κ2) is 14.6. The van der Waals surface area contributed by atoms with Gasteiger partial charge in [-0.2, -0.15) is 26.3 Å². The molecule has 3 atom stereocenters. The Morgan fingerprint density at radius 2 is 1.47 bits per heavy atom. The lowest BCUT2D eigenvalue weighted by Gasteiger charge is -2.28. The highest BCUT2D eigenvalue weighted by molar-refractivity contribution is 6.20. The van der Waals surface area contributed by atoms with Crippen LogP contribution in [0.3, 0.4) is 0 Å². The summed E-state index contributed by atoms with van der Waals surface area (Å²) in [6, 6.07) is 15.6. The number of likely N-dealkylation sites (tertiary alicyclic amines) is 1. The van der Waals surface area contributed by atoms with Gasteiger partial charge in [-0.3, -0.25) is 14.4 Å². The fraction of sp³-hybridized carbons (Fsp3) is 0.500. The van der Waals surface area contributed by atoms with Gasteiger partial charge < -0.3 is 15.1 Å². The van der Waals surface area contributed by atoms with Crippen LogP contribution in [-0.2, 0) is 14.4 Å². The van der Waals surface area contributed by atoms with Gasteiger partial charge in [0.25, 0.3) is 5.91 Å². The predicted octanol–water partition coefficient (Wildman–Crippen LogP) is 5.92. The molecule has 7 nitrogen and oxygen atoms in total. The number of likely N-dealkylation sites (N-methyl/N-ethyl adjacent to an activating group) is 1. The third-order valence-electron chi connectivity index (χ3n) is 8.26. The summed E-state index contributed by atoms with van der Waals surface area (Å²) in [6.45, 7) is 1.66. The molecule has 4 rings (SSSR count). The normalized spacial score (nSPS) is 19.0. The van der Waals surface area contributed by atoms with Crippen molar-refractivity contribution in [3.05, 3.63) is 65.7 Å². The molecule has 13 heteroatoms. The number of benzene rings is 2. The van der Waals surface area contributed by atoms with Gasteiger partial charge in [-0.25, -0.2) is 4.99 Å². The number of Topliss-reactive ketones (excluding diaryl/α,β-unsaturated/α-hetero) is 1. The zero-order chi connectivity index (χ0) is 32.8. The van der Waals surface area contributed by atoms with E-state index in [4.69, 9.17) is 0 Å². The van der Waals surface area contributed by atoms with E-state index in [-0.39, 0.29) is 13.0 Å². The van der Waals surface area contributed by atoms with Crippen molar-refractivity contribution in [2.45, 2.75) is 63.5 Å². The molecule has 2 aliphatic heterocycles. The van der Waals surface area contributed by atoms with Gasteiger partial charge in [0.2, 0.25) is 12.1 Å². The average molecular weight is 639 g/mol.